The highest BCUT2D eigenvalue weighted by Gasteiger charge is 2.39. The number of hydrogen-bond donors (Lipinski definition) is 0. The van der Waals surface area contributed by atoms with E-state index < -0.39 is 0 Å². The Labute approximate surface area is 81.6 Å². The largest absolute Gasteiger partial charge is 0.381 e. The van der Waals surface area contributed by atoms with Crippen molar-refractivity contribution in [3.63, 3.8) is 0 Å². The maximum atomic E-state index is 5.74. The summed E-state index contributed by atoms with van der Waals surface area (Å²) in [6.07, 6.45) is 4.16. The first kappa shape index (κ1) is 11.0. The highest BCUT2D eigenvalue weighted by Crippen LogP contribution is 2.40. The molecule has 2 heteroatoms. The van der Waals surface area contributed by atoms with Crippen molar-refractivity contribution >= 4 is 0 Å². The van der Waals surface area contributed by atoms with E-state index in [1.807, 2.05) is 6.92 Å². The summed E-state index contributed by atoms with van der Waals surface area (Å²) in [5.74, 6) is 0. The first-order valence-corrected chi connectivity index (χ1v) is 5.42. The van der Waals surface area contributed by atoms with Gasteiger partial charge in [-0.2, -0.15) is 0 Å². The van der Waals surface area contributed by atoms with Crippen LogP contribution in [0, 0.1) is 5.41 Å². The maximum Gasteiger partial charge on any atom is 0.0650 e. The summed E-state index contributed by atoms with van der Waals surface area (Å²) in [6, 6.07) is 0. The van der Waals surface area contributed by atoms with Gasteiger partial charge in [0.25, 0.3) is 0 Å². The lowest BCUT2D eigenvalue weighted by Crippen LogP contribution is -2.34. The van der Waals surface area contributed by atoms with E-state index in [-0.39, 0.29) is 5.41 Å². The van der Waals surface area contributed by atoms with Gasteiger partial charge in [-0.15, -0.1) is 0 Å². The van der Waals surface area contributed by atoms with Crippen LogP contribution in [0.3, 0.4) is 0 Å². The second-order valence-electron chi connectivity index (χ2n) is 4.13. The van der Waals surface area contributed by atoms with Crippen LogP contribution in [0.25, 0.3) is 0 Å². The molecule has 0 amide bonds. The van der Waals surface area contributed by atoms with E-state index in [0.717, 1.165) is 19.8 Å². The molecule has 0 aliphatic heterocycles. The maximum absolute atomic E-state index is 5.74. The van der Waals surface area contributed by atoms with E-state index in [1.54, 1.807) is 0 Å². The molecule has 0 heterocycles. The van der Waals surface area contributed by atoms with Crippen LogP contribution >= 0.6 is 0 Å². The fourth-order valence-corrected chi connectivity index (χ4v) is 2.19. The zero-order valence-electron chi connectivity index (χ0n) is 9.14. The van der Waals surface area contributed by atoms with Gasteiger partial charge in [0.05, 0.1) is 12.7 Å². The van der Waals surface area contributed by atoms with Gasteiger partial charge in [0.1, 0.15) is 0 Å². The summed E-state index contributed by atoms with van der Waals surface area (Å²) < 4.78 is 11.3. The highest BCUT2D eigenvalue weighted by molar-refractivity contribution is 4.89. The number of rotatable bonds is 5. The van der Waals surface area contributed by atoms with Crippen LogP contribution in [-0.2, 0) is 9.47 Å². The molecule has 1 fully saturated rings. The Kier molecular flexibility index (Phi) is 4.20. The highest BCUT2D eigenvalue weighted by atomic mass is 16.5. The number of ether oxygens (including phenoxy) is 2. The van der Waals surface area contributed by atoms with Crippen LogP contribution in [-0.4, -0.2) is 25.9 Å². The molecule has 0 radical (unpaired) electrons. The van der Waals surface area contributed by atoms with Gasteiger partial charge >= 0.3 is 0 Å². The molecule has 1 aliphatic carbocycles. The summed E-state index contributed by atoms with van der Waals surface area (Å²) in [5, 5.41) is 0. The van der Waals surface area contributed by atoms with Crippen LogP contribution in [0.4, 0.5) is 0 Å². The van der Waals surface area contributed by atoms with E-state index in [1.165, 1.54) is 19.3 Å². The third kappa shape index (κ3) is 2.68. The minimum atomic E-state index is 0.270. The monoisotopic (exact) mass is 186 g/mol. The second kappa shape index (κ2) is 4.97. The average molecular weight is 186 g/mol. The SMILES string of the molecule is CCOCC1(C)CCCC1OCC. The summed E-state index contributed by atoms with van der Waals surface area (Å²) >= 11 is 0. The van der Waals surface area contributed by atoms with Gasteiger partial charge in [-0.1, -0.05) is 13.3 Å². The normalized spacial score (nSPS) is 33.9. The van der Waals surface area contributed by atoms with Gasteiger partial charge in [0.2, 0.25) is 0 Å². The third-order valence-electron chi connectivity index (χ3n) is 3.00. The summed E-state index contributed by atoms with van der Waals surface area (Å²) in [7, 11) is 0. The Hall–Kier alpha value is -0.0800. The first-order valence-electron chi connectivity index (χ1n) is 5.42. The van der Waals surface area contributed by atoms with Crippen LogP contribution in [0.5, 0.6) is 0 Å². The Balaban J connectivity index is 2.43. The average Bonchev–Trinajstić information content (AvgIpc) is 2.46. The quantitative estimate of drug-likeness (QED) is 0.657. The molecule has 2 atom stereocenters. The smallest absolute Gasteiger partial charge is 0.0650 e. The zero-order chi connectivity index (χ0) is 9.73. The molecule has 2 nitrogen and oxygen atoms in total. The van der Waals surface area contributed by atoms with Crippen molar-refractivity contribution in [2.24, 2.45) is 5.41 Å². The molecule has 0 N–H and O–H groups in total. The fraction of sp³-hybridized carbons (Fsp3) is 1.00. The molecule has 0 saturated heterocycles. The van der Waals surface area contributed by atoms with Crippen LogP contribution in [0.2, 0.25) is 0 Å². The Morgan fingerprint density at radius 2 is 2.08 bits per heavy atom. The molecule has 0 bridgehead atoms. The van der Waals surface area contributed by atoms with Gasteiger partial charge in [-0.05, 0) is 26.7 Å². The minimum absolute atomic E-state index is 0.270. The summed E-state index contributed by atoms with van der Waals surface area (Å²) in [5.41, 5.74) is 0.270. The van der Waals surface area contributed by atoms with Crippen molar-refractivity contribution in [3.05, 3.63) is 0 Å². The van der Waals surface area contributed by atoms with E-state index in [9.17, 15) is 0 Å². The molecule has 13 heavy (non-hydrogen) atoms. The Bertz CT molecular complexity index is 147. The molecule has 78 valence electrons. The fourth-order valence-electron chi connectivity index (χ4n) is 2.19. The Morgan fingerprint density at radius 1 is 1.31 bits per heavy atom. The molecule has 0 aromatic rings. The topological polar surface area (TPSA) is 18.5 Å². The van der Waals surface area contributed by atoms with Crippen LogP contribution < -0.4 is 0 Å². The molecule has 1 aliphatic rings. The standard InChI is InChI=1S/C11H22O2/c1-4-12-9-11(3)8-6-7-10(11)13-5-2/h10H,4-9H2,1-3H3. The van der Waals surface area contributed by atoms with E-state index in [0.29, 0.717) is 6.10 Å². The van der Waals surface area contributed by atoms with Crippen molar-refractivity contribution in [1.29, 1.82) is 0 Å². The Morgan fingerprint density at radius 3 is 2.69 bits per heavy atom. The predicted octanol–water partition coefficient (Wildman–Crippen LogP) is 2.62. The lowest BCUT2D eigenvalue weighted by molar-refractivity contribution is -0.0499. The van der Waals surface area contributed by atoms with Crippen molar-refractivity contribution in [2.75, 3.05) is 19.8 Å². The molecular weight excluding hydrogens is 164 g/mol. The van der Waals surface area contributed by atoms with Crippen molar-refractivity contribution in [1.82, 2.24) is 0 Å². The lowest BCUT2D eigenvalue weighted by Gasteiger charge is -2.30. The van der Waals surface area contributed by atoms with Crippen molar-refractivity contribution < 1.29 is 9.47 Å². The van der Waals surface area contributed by atoms with E-state index in [2.05, 4.69) is 13.8 Å². The molecule has 0 spiro atoms. The minimum Gasteiger partial charge on any atom is -0.381 e. The molecule has 1 rings (SSSR count). The first-order chi connectivity index (χ1) is 6.23. The molecule has 1 saturated carbocycles. The lowest BCUT2D eigenvalue weighted by atomic mass is 9.87. The zero-order valence-corrected chi connectivity index (χ0v) is 9.14. The van der Waals surface area contributed by atoms with Gasteiger partial charge < -0.3 is 9.47 Å². The molecule has 2 unspecified atom stereocenters. The summed E-state index contributed by atoms with van der Waals surface area (Å²) in [6.45, 7) is 8.90. The van der Waals surface area contributed by atoms with Gasteiger partial charge in [-0.25, -0.2) is 0 Å². The van der Waals surface area contributed by atoms with Crippen molar-refractivity contribution in [2.45, 2.75) is 46.1 Å². The molecule has 0 aromatic heterocycles. The van der Waals surface area contributed by atoms with Gasteiger partial charge in [-0.3, -0.25) is 0 Å². The van der Waals surface area contributed by atoms with Gasteiger partial charge in [0, 0.05) is 18.6 Å². The van der Waals surface area contributed by atoms with Crippen LogP contribution in [0.15, 0.2) is 0 Å². The summed E-state index contributed by atoms with van der Waals surface area (Å²) in [4.78, 5) is 0. The van der Waals surface area contributed by atoms with Crippen molar-refractivity contribution in [3.8, 4) is 0 Å². The second-order valence-corrected chi connectivity index (χ2v) is 4.13. The number of hydrogen-bond acceptors (Lipinski definition) is 2. The van der Waals surface area contributed by atoms with Crippen LogP contribution in [0.1, 0.15) is 40.0 Å². The molecule has 0 aromatic carbocycles. The predicted molar refractivity (Wildman–Crippen MR) is 53.9 cm³/mol. The third-order valence-corrected chi connectivity index (χ3v) is 3.00. The van der Waals surface area contributed by atoms with E-state index >= 15 is 0 Å². The van der Waals surface area contributed by atoms with E-state index in [4.69, 9.17) is 9.47 Å². The molecular formula is C11H22O2. The van der Waals surface area contributed by atoms with Gasteiger partial charge in [0.15, 0.2) is 0 Å².